The average Bonchev–Trinajstić information content (AvgIpc) is 2.40. The lowest BCUT2D eigenvalue weighted by atomic mass is 9.86. The molecule has 0 aromatic heterocycles. The van der Waals surface area contributed by atoms with Gasteiger partial charge in [0.15, 0.2) is 0 Å². The van der Waals surface area contributed by atoms with E-state index in [1.807, 2.05) is 37.3 Å². The molecule has 0 bridgehead atoms. The maximum atomic E-state index is 12.3. The molecule has 0 saturated carbocycles. The molecule has 0 aliphatic heterocycles. The van der Waals surface area contributed by atoms with E-state index in [0.29, 0.717) is 11.3 Å². The van der Waals surface area contributed by atoms with Gasteiger partial charge in [0.1, 0.15) is 5.75 Å². The average molecular weight is 347 g/mol. The summed E-state index contributed by atoms with van der Waals surface area (Å²) in [5.41, 5.74) is 2.57. The topological polar surface area (TPSA) is 26.3 Å². The Morgan fingerprint density at radius 3 is 2.24 bits per heavy atom. The van der Waals surface area contributed by atoms with Crippen LogP contribution in [0.3, 0.4) is 0 Å². The molecular formula is C18H19BrO2. The Kier molecular flexibility index (Phi) is 4.52. The van der Waals surface area contributed by atoms with Crippen molar-refractivity contribution < 1.29 is 9.53 Å². The molecule has 0 unspecified atom stereocenters. The maximum Gasteiger partial charge on any atom is 0.343 e. The van der Waals surface area contributed by atoms with Crippen molar-refractivity contribution in [3.05, 3.63) is 63.6 Å². The first-order valence-corrected chi connectivity index (χ1v) is 7.65. The van der Waals surface area contributed by atoms with Crippen molar-refractivity contribution in [1.29, 1.82) is 0 Å². The number of esters is 1. The van der Waals surface area contributed by atoms with Gasteiger partial charge in [-0.05, 0) is 42.7 Å². The molecule has 0 radical (unpaired) electrons. The third kappa shape index (κ3) is 3.94. The van der Waals surface area contributed by atoms with Crippen molar-refractivity contribution in [2.24, 2.45) is 0 Å². The number of hydrogen-bond acceptors (Lipinski definition) is 2. The predicted octanol–water partition coefficient (Wildman–Crippen LogP) is 5.27. The van der Waals surface area contributed by atoms with Gasteiger partial charge in [-0.15, -0.1) is 0 Å². The van der Waals surface area contributed by atoms with E-state index >= 15 is 0 Å². The minimum absolute atomic E-state index is 0.104. The second kappa shape index (κ2) is 6.02. The molecule has 0 N–H and O–H groups in total. The van der Waals surface area contributed by atoms with Crippen LogP contribution in [0.15, 0.2) is 46.9 Å². The second-order valence-electron chi connectivity index (χ2n) is 6.15. The monoisotopic (exact) mass is 346 g/mol. The largest absolute Gasteiger partial charge is 0.423 e. The molecule has 110 valence electrons. The lowest BCUT2D eigenvalue weighted by Crippen LogP contribution is -2.16. The first-order valence-electron chi connectivity index (χ1n) is 6.86. The minimum Gasteiger partial charge on any atom is -0.423 e. The van der Waals surface area contributed by atoms with Crippen LogP contribution in [0.1, 0.15) is 42.3 Å². The highest BCUT2D eigenvalue weighted by Crippen LogP contribution is 2.34. The molecule has 0 heterocycles. The van der Waals surface area contributed by atoms with E-state index in [1.54, 1.807) is 12.1 Å². The molecule has 0 aliphatic carbocycles. The smallest absolute Gasteiger partial charge is 0.343 e. The zero-order valence-corrected chi connectivity index (χ0v) is 14.3. The van der Waals surface area contributed by atoms with Crippen LogP contribution in [0.25, 0.3) is 0 Å². The maximum absolute atomic E-state index is 12.3. The molecule has 2 rings (SSSR count). The van der Waals surface area contributed by atoms with Crippen molar-refractivity contribution in [3.8, 4) is 5.75 Å². The zero-order valence-electron chi connectivity index (χ0n) is 12.7. The number of carbonyl (C=O) groups is 1. The molecule has 2 aromatic carbocycles. The normalized spacial score (nSPS) is 11.3. The third-order valence-corrected chi connectivity index (χ3v) is 3.73. The fourth-order valence-electron chi connectivity index (χ4n) is 2.03. The van der Waals surface area contributed by atoms with Crippen LogP contribution in [-0.2, 0) is 5.41 Å². The number of benzene rings is 2. The van der Waals surface area contributed by atoms with Crippen LogP contribution in [0, 0.1) is 6.92 Å². The van der Waals surface area contributed by atoms with Gasteiger partial charge in [-0.3, -0.25) is 0 Å². The fraction of sp³-hybridized carbons (Fsp3) is 0.278. The molecule has 0 aliphatic rings. The van der Waals surface area contributed by atoms with E-state index in [2.05, 4.69) is 36.7 Å². The SMILES string of the molecule is Cc1ccc(C(=O)Oc2ccc(Br)cc2C(C)(C)C)cc1. The number of carbonyl (C=O) groups excluding carboxylic acids is 1. The van der Waals surface area contributed by atoms with Gasteiger partial charge in [0.25, 0.3) is 0 Å². The van der Waals surface area contributed by atoms with Gasteiger partial charge < -0.3 is 4.74 Å². The quantitative estimate of drug-likeness (QED) is 0.546. The number of aryl methyl sites for hydroxylation is 1. The number of rotatable bonds is 2. The van der Waals surface area contributed by atoms with E-state index in [9.17, 15) is 4.79 Å². The standard InChI is InChI=1S/C18H19BrO2/c1-12-5-7-13(8-6-12)17(20)21-16-10-9-14(19)11-15(16)18(2,3)4/h5-11H,1-4H3. The van der Waals surface area contributed by atoms with Crippen molar-refractivity contribution in [2.45, 2.75) is 33.1 Å². The number of halogens is 1. The van der Waals surface area contributed by atoms with Crippen LogP contribution < -0.4 is 4.74 Å². The van der Waals surface area contributed by atoms with E-state index in [1.165, 1.54) is 0 Å². The Labute approximate surface area is 134 Å². The summed E-state index contributed by atoms with van der Waals surface area (Å²) in [4.78, 5) is 12.3. The molecule has 0 saturated heterocycles. The van der Waals surface area contributed by atoms with E-state index in [0.717, 1.165) is 15.6 Å². The van der Waals surface area contributed by atoms with Crippen LogP contribution in [-0.4, -0.2) is 5.97 Å². The highest BCUT2D eigenvalue weighted by Gasteiger charge is 2.21. The highest BCUT2D eigenvalue weighted by atomic mass is 79.9. The summed E-state index contributed by atoms with van der Waals surface area (Å²) in [5.74, 6) is 0.277. The summed E-state index contributed by atoms with van der Waals surface area (Å²) in [5, 5.41) is 0. The van der Waals surface area contributed by atoms with Crippen molar-refractivity contribution in [2.75, 3.05) is 0 Å². The molecule has 2 aromatic rings. The van der Waals surface area contributed by atoms with Crippen molar-refractivity contribution in [3.63, 3.8) is 0 Å². The molecule has 0 fully saturated rings. The number of ether oxygens (including phenoxy) is 1. The number of hydrogen-bond donors (Lipinski definition) is 0. The Morgan fingerprint density at radius 1 is 1.05 bits per heavy atom. The second-order valence-corrected chi connectivity index (χ2v) is 7.06. The molecule has 2 nitrogen and oxygen atoms in total. The third-order valence-electron chi connectivity index (χ3n) is 3.24. The first kappa shape index (κ1) is 15.8. The van der Waals surface area contributed by atoms with Crippen molar-refractivity contribution in [1.82, 2.24) is 0 Å². The van der Waals surface area contributed by atoms with E-state index < -0.39 is 0 Å². The zero-order chi connectivity index (χ0) is 15.6. The summed E-state index contributed by atoms with van der Waals surface area (Å²) in [6.07, 6.45) is 0. The van der Waals surface area contributed by atoms with Gasteiger partial charge in [-0.1, -0.05) is 54.4 Å². The molecule has 0 amide bonds. The lowest BCUT2D eigenvalue weighted by Gasteiger charge is -2.22. The van der Waals surface area contributed by atoms with Gasteiger partial charge in [0.2, 0.25) is 0 Å². The summed E-state index contributed by atoms with van der Waals surface area (Å²) >= 11 is 3.47. The van der Waals surface area contributed by atoms with Crippen LogP contribution in [0.4, 0.5) is 0 Å². The summed E-state index contributed by atoms with van der Waals surface area (Å²) in [7, 11) is 0. The van der Waals surface area contributed by atoms with E-state index in [4.69, 9.17) is 4.74 Å². The molecular weight excluding hydrogens is 328 g/mol. The van der Waals surface area contributed by atoms with E-state index in [-0.39, 0.29) is 11.4 Å². The molecule has 0 atom stereocenters. The molecule has 21 heavy (non-hydrogen) atoms. The van der Waals surface area contributed by atoms with Crippen molar-refractivity contribution >= 4 is 21.9 Å². The Balaban J connectivity index is 2.31. The van der Waals surface area contributed by atoms with Crippen LogP contribution >= 0.6 is 15.9 Å². The Bertz CT molecular complexity index is 652. The van der Waals surface area contributed by atoms with Gasteiger partial charge in [-0.25, -0.2) is 4.79 Å². The fourth-order valence-corrected chi connectivity index (χ4v) is 2.39. The summed E-state index contributed by atoms with van der Waals surface area (Å²) in [6, 6.07) is 13.1. The van der Waals surface area contributed by atoms with Crippen LogP contribution in [0.5, 0.6) is 5.75 Å². The molecule has 3 heteroatoms. The highest BCUT2D eigenvalue weighted by molar-refractivity contribution is 9.10. The first-order chi connectivity index (χ1) is 9.77. The van der Waals surface area contributed by atoms with Crippen LogP contribution in [0.2, 0.25) is 0 Å². The predicted molar refractivity (Wildman–Crippen MR) is 89.0 cm³/mol. The molecule has 0 spiro atoms. The lowest BCUT2D eigenvalue weighted by molar-refractivity contribution is 0.0732. The van der Waals surface area contributed by atoms with Gasteiger partial charge in [0, 0.05) is 10.0 Å². The summed E-state index contributed by atoms with van der Waals surface area (Å²) in [6.45, 7) is 8.27. The Morgan fingerprint density at radius 2 is 1.67 bits per heavy atom. The summed E-state index contributed by atoms with van der Waals surface area (Å²) < 4.78 is 6.57. The van der Waals surface area contributed by atoms with Gasteiger partial charge in [-0.2, -0.15) is 0 Å². The Hall–Kier alpha value is -1.61. The minimum atomic E-state index is -0.331. The van der Waals surface area contributed by atoms with Gasteiger partial charge >= 0.3 is 5.97 Å². The van der Waals surface area contributed by atoms with Gasteiger partial charge in [0.05, 0.1) is 5.56 Å².